The zero-order valence-electron chi connectivity index (χ0n) is 18.3. The number of nitrogens with one attached hydrogen (secondary N) is 1. The van der Waals surface area contributed by atoms with Crippen LogP contribution in [0.2, 0.25) is 0 Å². The van der Waals surface area contributed by atoms with Crippen molar-refractivity contribution in [3.05, 3.63) is 65.5 Å². The van der Waals surface area contributed by atoms with Crippen LogP contribution in [0.5, 0.6) is 5.75 Å². The van der Waals surface area contributed by atoms with Crippen molar-refractivity contribution in [2.45, 2.75) is 32.7 Å². The van der Waals surface area contributed by atoms with Crippen molar-refractivity contribution in [3.8, 4) is 5.75 Å². The molecule has 0 unspecified atom stereocenters. The molecule has 0 saturated heterocycles. The Morgan fingerprint density at radius 2 is 1.84 bits per heavy atom. The average Bonchev–Trinajstić information content (AvgIpc) is 2.75. The van der Waals surface area contributed by atoms with E-state index in [0.717, 1.165) is 12.0 Å². The Morgan fingerprint density at radius 3 is 2.48 bits per heavy atom. The third-order valence-electron chi connectivity index (χ3n) is 4.85. The van der Waals surface area contributed by atoms with E-state index in [-0.39, 0.29) is 17.9 Å². The lowest BCUT2D eigenvalue weighted by molar-refractivity contribution is -0.124. The van der Waals surface area contributed by atoms with E-state index in [9.17, 15) is 19.1 Å². The largest absolute Gasteiger partial charge is 0.483 e. The molecule has 0 bridgehead atoms. The van der Waals surface area contributed by atoms with Gasteiger partial charge in [0.25, 0.3) is 11.8 Å². The van der Waals surface area contributed by atoms with Gasteiger partial charge < -0.3 is 20.1 Å². The minimum Gasteiger partial charge on any atom is -0.483 e. The summed E-state index contributed by atoms with van der Waals surface area (Å²) in [7, 11) is 1.61. The number of hydrogen-bond acceptors (Lipinski definition) is 4. The summed E-state index contributed by atoms with van der Waals surface area (Å²) < 4.78 is 19.9. The molecule has 0 aliphatic carbocycles. The number of benzene rings is 2. The van der Waals surface area contributed by atoms with Gasteiger partial charge in [0.2, 0.25) is 0 Å². The predicted octanol–water partition coefficient (Wildman–Crippen LogP) is 3.04. The fraction of sp³-hybridized carbons (Fsp3) is 0.417. The van der Waals surface area contributed by atoms with Gasteiger partial charge in [-0.15, -0.1) is 0 Å². The van der Waals surface area contributed by atoms with E-state index in [1.165, 1.54) is 23.1 Å². The van der Waals surface area contributed by atoms with Gasteiger partial charge in [-0.3, -0.25) is 9.59 Å². The first kappa shape index (κ1) is 24.3. The molecular formula is C24H31FN2O4. The summed E-state index contributed by atoms with van der Waals surface area (Å²) in [5, 5.41) is 12.3. The maximum absolute atomic E-state index is 14.4. The molecule has 2 N–H and O–H groups in total. The monoisotopic (exact) mass is 430 g/mol. The Kier molecular flexibility index (Phi) is 9.46. The zero-order chi connectivity index (χ0) is 22.8. The van der Waals surface area contributed by atoms with Crippen LogP contribution >= 0.6 is 0 Å². The van der Waals surface area contributed by atoms with Crippen molar-refractivity contribution in [1.29, 1.82) is 0 Å². The SMILES string of the molecule is CC(C)CCN(C)C(=O)c1c(F)cccc1OCC(=O)N[C@H](CO)Cc1ccccc1. The molecule has 7 heteroatoms. The van der Waals surface area contributed by atoms with Gasteiger partial charge >= 0.3 is 0 Å². The number of amides is 2. The van der Waals surface area contributed by atoms with Gasteiger partial charge in [-0.1, -0.05) is 50.2 Å². The third-order valence-corrected chi connectivity index (χ3v) is 4.85. The number of carbonyl (C=O) groups is 2. The summed E-state index contributed by atoms with van der Waals surface area (Å²) in [6.45, 7) is 3.95. The minimum absolute atomic E-state index is 0.0140. The second-order valence-corrected chi connectivity index (χ2v) is 7.95. The number of aliphatic hydroxyl groups is 1. The number of nitrogens with zero attached hydrogens (tertiary/aromatic N) is 1. The summed E-state index contributed by atoms with van der Waals surface area (Å²) in [5.41, 5.74) is 0.787. The van der Waals surface area contributed by atoms with E-state index in [0.29, 0.717) is 18.9 Å². The number of carbonyl (C=O) groups excluding carboxylic acids is 2. The van der Waals surface area contributed by atoms with Crippen LogP contribution in [-0.4, -0.2) is 54.7 Å². The summed E-state index contributed by atoms with van der Waals surface area (Å²) >= 11 is 0. The molecule has 6 nitrogen and oxygen atoms in total. The van der Waals surface area contributed by atoms with Gasteiger partial charge in [-0.2, -0.15) is 0 Å². The number of rotatable bonds is 11. The van der Waals surface area contributed by atoms with Crippen molar-refractivity contribution in [2.24, 2.45) is 5.92 Å². The molecule has 0 aliphatic heterocycles. The van der Waals surface area contributed by atoms with Gasteiger partial charge in [-0.05, 0) is 36.5 Å². The smallest absolute Gasteiger partial charge is 0.260 e. The molecule has 0 spiro atoms. The number of halogens is 1. The highest BCUT2D eigenvalue weighted by atomic mass is 19.1. The van der Waals surface area contributed by atoms with E-state index < -0.39 is 30.3 Å². The van der Waals surface area contributed by atoms with E-state index >= 15 is 0 Å². The first-order valence-corrected chi connectivity index (χ1v) is 10.4. The van der Waals surface area contributed by atoms with Crippen LogP contribution in [-0.2, 0) is 11.2 Å². The van der Waals surface area contributed by atoms with Gasteiger partial charge in [0, 0.05) is 13.6 Å². The summed E-state index contributed by atoms with van der Waals surface area (Å²) in [4.78, 5) is 26.5. The standard InChI is InChI=1S/C24H31FN2O4/c1-17(2)12-13-27(3)24(30)23-20(25)10-7-11-21(23)31-16-22(29)26-19(15-28)14-18-8-5-4-6-9-18/h4-11,17,19,28H,12-16H2,1-3H3,(H,26,29)/t19-/m0/s1. The van der Waals surface area contributed by atoms with Crippen molar-refractivity contribution < 1.29 is 23.8 Å². The average molecular weight is 431 g/mol. The van der Waals surface area contributed by atoms with Crippen LogP contribution in [0, 0.1) is 11.7 Å². The van der Waals surface area contributed by atoms with Gasteiger partial charge in [0.15, 0.2) is 6.61 Å². The van der Waals surface area contributed by atoms with E-state index in [1.807, 2.05) is 44.2 Å². The Hall–Kier alpha value is -2.93. The third kappa shape index (κ3) is 7.68. The van der Waals surface area contributed by atoms with Crippen molar-refractivity contribution in [2.75, 3.05) is 26.8 Å². The highest BCUT2D eigenvalue weighted by Crippen LogP contribution is 2.23. The second kappa shape index (κ2) is 12.1. The van der Waals surface area contributed by atoms with Gasteiger partial charge in [0.05, 0.1) is 12.6 Å². The van der Waals surface area contributed by atoms with Crippen LogP contribution in [0.15, 0.2) is 48.5 Å². The molecule has 2 aromatic rings. The maximum Gasteiger partial charge on any atom is 0.260 e. The molecule has 1 atom stereocenters. The molecular weight excluding hydrogens is 399 g/mol. The van der Waals surface area contributed by atoms with Gasteiger partial charge in [0.1, 0.15) is 17.1 Å². The van der Waals surface area contributed by atoms with Crippen molar-refractivity contribution in [1.82, 2.24) is 10.2 Å². The molecule has 2 amide bonds. The lowest BCUT2D eigenvalue weighted by atomic mass is 10.1. The molecule has 31 heavy (non-hydrogen) atoms. The van der Waals surface area contributed by atoms with E-state index in [1.54, 1.807) is 7.05 Å². The Morgan fingerprint density at radius 1 is 1.13 bits per heavy atom. The van der Waals surface area contributed by atoms with Crippen LogP contribution in [0.3, 0.4) is 0 Å². The fourth-order valence-corrected chi connectivity index (χ4v) is 3.05. The number of hydrogen-bond donors (Lipinski definition) is 2. The minimum atomic E-state index is -0.698. The molecule has 0 saturated carbocycles. The first-order valence-electron chi connectivity index (χ1n) is 10.4. The van der Waals surface area contributed by atoms with Crippen LogP contribution in [0.1, 0.15) is 36.2 Å². The number of aliphatic hydroxyl groups excluding tert-OH is 1. The molecule has 168 valence electrons. The highest BCUT2D eigenvalue weighted by molar-refractivity contribution is 5.97. The summed E-state index contributed by atoms with van der Waals surface area (Å²) in [6.07, 6.45) is 1.26. The normalized spacial score (nSPS) is 11.8. The molecule has 0 radical (unpaired) electrons. The molecule has 0 aromatic heterocycles. The zero-order valence-corrected chi connectivity index (χ0v) is 18.3. The predicted molar refractivity (Wildman–Crippen MR) is 117 cm³/mol. The van der Waals surface area contributed by atoms with Crippen LogP contribution in [0.4, 0.5) is 4.39 Å². The molecule has 0 aliphatic rings. The maximum atomic E-state index is 14.4. The Balaban J connectivity index is 2.00. The fourth-order valence-electron chi connectivity index (χ4n) is 3.05. The van der Waals surface area contributed by atoms with Crippen LogP contribution < -0.4 is 10.1 Å². The quantitative estimate of drug-likeness (QED) is 0.574. The topological polar surface area (TPSA) is 78.9 Å². The Labute approximate surface area is 183 Å². The van der Waals surface area contributed by atoms with Gasteiger partial charge in [-0.25, -0.2) is 4.39 Å². The first-order chi connectivity index (χ1) is 14.8. The molecule has 0 fully saturated rings. The second-order valence-electron chi connectivity index (χ2n) is 7.95. The lowest BCUT2D eigenvalue weighted by Crippen LogP contribution is -2.41. The molecule has 0 heterocycles. The van der Waals surface area contributed by atoms with Crippen LogP contribution in [0.25, 0.3) is 0 Å². The summed E-state index contributed by atoms with van der Waals surface area (Å²) in [5.74, 6) is -1.24. The van der Waals surface area contributed by atoms with E-state index in [4.69, 9.17) is 4.74 Å². The van der Waals surface area contributed by atoms with E-state index in [2.05, 4.69) is 5.32 Å². The lowest BCUT2D eigenvalue weighted by Gasteiger charge is -2.21. The van der Waals surface area contributed by atoms with Crippen molar-refractivity contribution >= 4 is 11.8 Å². The number of ether oxygens (including phenoxy) is 1. The van der Waals surface area contributed by atoms with Crippen molar-refractivity contribution in [3.63, 3.8) is 0 Å². The summed E-state index contributed by atoms with van der Waals surface area (Å²) in [6, 6.07) is 13.1. The molecule has 2 aromatic carbocycles. The highest BCUT2D eigenvalue weighted by Gasteiger charge is 2.22. The Bertz CT molecular complexity index is 858. The molecule has 2 rings (SSSR count).